The van der Waals surface area contributed by atoms with Crippen LogP contribution >= 0.6 is 0 Å². The molecule has 1 aliphatic heterocycles. The van der Waals surface area contributed by atoms with Crippen LogP contribution in [0.3, 0.4) is 0 Å². The number of anilines is 2. The summed E-state index contributed by atoms with van der Waals surface area (Å²) >= 11 is 0. The minimum absolute atomic E-state index is 0.0182. The molecule has 3 aromatic rings. The van der Waals surface area contributed by atoms with E-state index in [1.54, 1.807) is 13.0 Å². The van der Waals surface area contributed by atoms with E-state index in [0.29, 0.717) is 5.56 Å². The second kappa shape index (κ2) is 15.5. The third kappa shape index (κ3) is 9.16. The molecular weight excluding hydrogens is 654 g/mol. The van der Waals surface area contributed by atoms with E-state index in [0.717, 1.165) is 15.9 Å². The third-order valence-electron chi connectivity index (χ3n) is 6.99. The SMILES string of the molecule is Cc1ccc(N(CC(=O)[O-])CC(=O)[O-])c(OCCOc2cc(C(O)c3cc4c(cc3[N+](=O)[O-])OCO4)ccc2N(CC(=O)[O-])CC(=O)[O-])c1. The summed E-state index contributed by atoms with van der Waals surface area (Å²) in [7, 11) is 0. The van der Waals surface area contributed by atoms with E-state index in [-0.39, 0.29) is 65.5 Å². The Morgan fingerprint density at radius 1 is 0.776 bits per heavy atom. The Morgan fingerprint density at radius 3 is 1.73 bits per heavy atom. The van der Waals surface area contributed by atoms with E-state index >= 15 is 0 Å². The van der Waals surface area contributed by atoms with Crippen molar-refractivity contribution in [2.45, 2.75) is 13.0 Å². The van der Waals surface area contributed by atoms with E-state index in [1.165, 1.54) is 36.4 Å². The standard InChI is InChI=1S/C31H31N3O15/c1-17-2-4-20(32(12-27(35)36)13-28(37)38)23(8-17)46-6-7-47-24-9-18(3-5-21(24)33(14-29(39)40)15-30(41)42)31(43)19-10-25-26(49-16-48-25)11-22(19)34(44)45/h2-5,8-11,31,43H,6-7,12-16H2,1H3,(H,35,36)(H,37,38)(H,39,40)(H,41,42)/p-4. The van der Waals surface area contributed by atoms with E-state index in [4.69, 9.17) is 18.9 Å². The second-order valence-electron chi connectivity index (χ2n) is 10.5. The van der Waals surface area contributed by atoms with Gasteiger partial charge < -0.3 is 73.5 Å². The zero-order valence-electron chi connectivity index (χ0n) is 25.7. The first-order valence-corrected chi connectivity index (χ1v) is 14.3. The van der Waals surface area contributed by atoms with Crippen molar-refractivity contribution < 1.29 is 68.6 Å². The highest BCUT2D eigenvalue weighted by atomic mass is 16.7. The molecule has 1 unspecified atom stereocenters. The maximum Gasteiger partial charge on any atom is 0.279 e. The molecule has 0 amide bonds. The molecule has 0 saturated heterocycles. The molecular formula is C31H27N3O15-4. The number of benzene rings is 3. The first kappa shape index (κ1) is 35.6. The van der Waals surface area contributed by atoms with E-state index in [2.05, 4.69) is 0 Å². The average molecular weight is 682 g/mol. The van der Waals surface area contributed by atoms with Crippen molar-refractivity contribution in [3.8, 4) is 23.0 Å². The molecule has 3 aromatic carbocycles. The maximum atomic E-state index is 11.8. The Labute approximate surface area is 277 Å². The monoisotopic (exact) mass is 681 g/mol. The summed E-state index contributed by atoms with van der Waals surface area (Å²) in [6.45, 7) is -2.50. The van der Waals surface area contributed by atoms with Gasteiger partial charge in [-0.05, 0) is 48.4 Å². The predicted molar refractivity (Wildman–Crippen MR) is 156 cm³/mol. The number of carboxylic acid groups (broad SMARTS) is 4. The van der Waals surface area contributed by atoms with Crippen LogP contribution < -0.4 is 49.2 Å². The van der Waals surface area contributed by atoms with Gasteiger partial charge in [0.15, 0.2) is 11.5 Å². The third-order valence-corrected chi connectivity index (χ3v) is 6.99. The predicted octanol–water partition coefficient (Wildman–Crippen LogP) is -3.22. The number of rotatable bonds is 18. The highest BCUT2D eigenvalue weighted by Gasteiger charge is 2.29. The van der Waals surface area contributed by atoms with Crippen LogP contribution in [0.5, 0.6) is 23.0 Å². The van der Waals surface area contributed by atoms with Crippen molar-refractivity contribution in [1.82, 2.24) is 0 Å². The molecule has 49 heavy (non-hydrogen) atoms. The lowest BCUT2D eigenvalue weighted by Gasteiger charge is -2.29. The number of hydrogen-bond donors (Lipinski definition) is 1. The number of carbonyl (C=O) groups is 4. The maximum absolute atomic E-state index is 11.8. The molecule has 1 N–H and O–H groups in total. The Bertz CT molecular complexity index is 1730. The molecule has 1 aliphatic rings. The molecule has 0 aromatic heterocycles. The fraction of sp³-hybridized carbons (Fsp3) is 0.290. The zero-order chi connectivity index (χ0) is 35.8. The number of carboxylic acids is 4. The second-order valence-corrected chi connectivity index (χ2v) is 10.5. The van der Waals surface area contributed by atoms with Gasteiger partial charge in [0.05, 0.1) is 78.0 Å². The first-order chi connectivity index (χ1) is 23.2. The molecule has 0 fully saturated rings. The number of nitrogens with zero attached hydrogens (tertiary/aromatic N) is 3. The minimum Gasteiger partial charge on any atom is -0.548 e. The number of aliphatic hydroxyl groups is 1. The fourth-order valence-corrected chi connectivity index (χ4v) is 4.96. The topological polar surface area (TPSA) is 267 Å². The molecule has 0 aliphatic carbocycles. The van der Waals surface area contributed by atoms with Crippen LogP contribution in [0.15, 0.2) is 48.5 Å². The molecule has 4 rings (SSSR count). The van der Waals surface area contributed by atoms with E-state index in [1.807, 2.05) is 0 Å². The summed E-state index contributed by atoms with van der Waals surface area (Å²) in [4.78, 5) is 58.4. The van der Waals surface area contributed by atoms with Crippen molar-refractivity contribution in [2.75, 3.05) is 56.0 Å². The molecule has 0 saturated carbocycles. The number of carbonyl (C=O) groups excluding carboxylic acids is 4. The van der Waals surface area contributed by atoms with Crippen LogP contribution in [0.4, 0.5) is 17.1 Å². The van der Waals surface area contributed by atoms with Crippen LogP contribution in [0, 0.1) is 17.0 Å². The lowest BCUT2D eigenvalue weighted by Crippen LogP contribution is -2.44. The minimum atomic E-state index is -1.66. The number of aliphatic carboxylic acids is 4. The van der Waals surface area contributed by atoms with Gasteiger partial charge in [0.2, 0.25) is 6.79 Å². The van der Waals surface area contributed by atoms with Crippen molar-refractivity contribution in [2.24, 2.45) is 0 Å². The summed E-state index contributed by atoms with van der Waals surface area (Å²) in [5.74, 6) is -6.26. The van der Waals surface area contributed by atoms with Crippen LogP contribution in [0.1, 0.15) is 22.8 Å². The van der Waals surface area contributed by atoms with Crippen LogP contribution in [0.2, 0.25) is 0 Å². The van der Waals surface area contributed by atoms with Gasteiger partial charge >= 0.3 is 0 Å². The van der Waals surface area contributed by atoms with Crippen molar-refractivity contribution in [3.63, 3.8) is 0 Å². The normalized spacial score (nSPS) is 12.1. The van der Waals surface area contributed by atoms with Crippen LogP contribution in [-0.2, 0) is 19.2 Å². The summed E-state index contributed by atoms with van der Waals surface area (Å²) in [5.41, 5.74) is 0.0157. The van der Waals surface area contributed by atoms with Crippen molar-refractivity contribution in [3.05, 3.63) is 75.3 Å². The Morgan fingerprint density at radius 2 is 1.24 bits per heavy atom. The molecule has 0 bridgehead atoms. The summed E-state index contributed by atoms with van der Waals surface area (Å²) in [5, 5.41) is 68.5. The lowest BCUT2D eigenvalue weighted by atomic mass is 9.98. The number of hydrogen-bond acceptors (Lipinski definition) is 17. The summed E-state index contributed by atoms with van der Waals surface area (Å²) < 4.78 is 22.1. The van der Waals surface area contributed by atoms with Crippen molar-refractivity contribution >= 4 is 40.9 Å². The number of fused-ring (bicyclic) bond motifs is 1. The number of nitro benzene ring substituents is 1. The van der Waals surface area contributed by atoms with Gasteiger partial charge in [-0.3, -0.25) is 10.1 Å². The Hall–Kier alpha value is -6.30. The quantitative estimate of drug-likeness (QED) is 0.0786. The van der Waals surface area contributed by atoms with Gasteiger partial charge in [-0.1, -0.05) is 12.1 Å². The van der Waals surface area contributed by atoms with E-state index in [9.17, 15) is 54.8 Å². The number of aryl methyl sites for hydroxylation is 1. The number of nitro groups is 1. The molecule has 260 valence electrons. The molecule has 1 heterocycles. The highest BCUT2D eigenvalue weighted by molar-refractivity contribution is 5.80. The lowest BCUT2D eigenvalue weighted by molar-refractivity contribution is -0.386. The van der Waals surface area contributed by atoms with Crippen LogP contribution in [0.25, 0.3) is 0 Å². The Balaban J connectivity index is 1.65. The van der Waals surface area contributed by atoms with Gasteiger partial charge in [-0.15, -0.1) is 0 Å². The Kier molecular flexibility index (Phi) is 11.3. The molecule has 1 atom stereocenters. The van der Waals surface area contributed by atoms with E-state index < -0.39 is 66.8 Å². The summed E-state index contributed by atoms with van der Waals surface area (Å²) in [6, 6.07) is 10.6. The molecule has 18 heteroatoms. The fourth-order valence-electron chi connectivity index (χ4n) is 4.96. The zero-order valence-corrected chi connectivity index (χ0v) is 25.7. The number of aliphatic hydroxyl groups excluding tert-OH is 1. The highest BCUT2D eigenvalue weighted by Crippen LogP contribution is 2.43. The first-order valence-electron chi connectivity index (χ1n) is 14.3. The molecule has 18 nitrogen and oxygen atoms in total. The summed E-state index contributed by atoms with van der Waals surface area (Å²) in [6.07, 6.45) is -1.66. The largest absolute Gasteiger partial charge is 0.548 e. The van der Waals surface area contributed by atoms with Crippen LogP contribution in [-0.4, -0.2) is 80.1 Å². The average Bonchev–Trinajstić information content (AvgIpc) is 3.48. The molecule has 0 radical (unpaired) electrons. The van der Waals surface area contributed by atoms with Gasteiger partial charge in [0.25, 0.3) is 5.69 Å². The molecule has 0 spiro atoms. The number of ether oxygens (including phenoxy) is 4. The van der Waals surface area contributed by atoms with Gasteiger partial charge in [0, 0.05) is 0 Å². The van der Waals surface area contributed by atoms with Crippen molar-refractivity contribution in [1.29, 1.82) is 0 Å². The van der Waals surface area contributed by atoms with Gasteiger partial charge in [-0.25, -0.2) is 0 Å². The smallest absolute Gasteiger partial charge is 0.279 e. The van der Waals surface area contributed by atoms with Gasteiger partial charge in [-0.2, -0.15) is 0 Å². The van der Waals surface area contributed by atoms with Gasteiger partial charge in [0.1, 0.15) is 30.8 Å².